The van der Waals surface area contributed by atoms with E-state index in [4.69, 9.17) is 4.98 Å². The lowest BCUT2D eigenvalue weighted by Gasteiger charge is -2.08. The first kappa shape index (κ1) is 12.9. The zero-order chi connectivity index (χ0) is 14.6. The van der Waals surface area contributed by atoms with Gasteiger partial charge in [0.2, 0.25) is 0 Å². The van der Waals surface area contributed by atoms with Gasteiger partial charge in [0.05, 0.1) is 0 Å². The van der Waals surface area contributed by atoms with Crippen LogP contribution in [0.4, 0.5) is 0 Å². The summed E-state index contributed by atoms with van der Waals surface area (Å²) in [6.07, 6.45) is 3.37. The first-order chi connectivity index (χ1) is 10.2. The van der Waals surface area contributed by atoms with Gasteiger partial charge >= 0.3 is 0 Å². The molecule has 0 saturated heterocycles. The molecule has 4 rings (SSSR count). The van der Waals surface area contributed by atoms with Crippen LogP contribution in [-0.2, 0) is 0 Å². The average molecular weight is 285 g/mol. The molecule has 21 heavy (non-hydrogen) atoms. The predicted molar refractivity (Wildman–Crippen MR) is 76.3 cm³/mol. The SMILES string of the molecule is Cc1nc(C)n(-c2cc(C3CC3CO)nc(C3CC3)n2)n1. The maximum Gasteiger partial charge on any atom is 0.159 e. The number of rotatable bonds is 4. The summed E-state index contributed by atoms with van der Waals surface area (Å²) >= 11 is 0. The van der Waals surface area contributed by atoms with Gasteiger partial charge in [-0.05, 0) is 39.0 Å². The molecule has 110 valence electrons. The fraction of sp³-hybridized carbons (Fsp3) is 0.600. The monoisotopic (exact) mass is 285 g/mol. The number of aromatic nitrogens is 5. The summed E-state index contributed by atoms with van der Waals surface area (Å²) < 4.78 is 1.79. The summed E-state index contributed by atoms with van der Waals surface area (Å²) in [5.41, 5.74) is 1.05. The number of aliphatic hydroxyl groups excluding tert-OH is 1. The van der Waals surface area contributed by atoms with Gasteiger partial charge in [0.15, 0.2) is 5.82 Å². The third-order valence-electron chi connectivity index (χ3n) is 4.32. The molecule has 2 atom stereocenters. The lowest BCUT2D eigenvalue weighted by Crippen LogP contribution is -2.08. The molecule has 2 heterocycles. The van der Waals surface area contributed by atoms with E-state index in [1.807, 2.05) is 19.9 Å². The molecule has 0 aliphatic heterocycles. The molecule has 2 aliphatic rings. The minimum Gasteiger partial charge on any atom is -0.396 e. The van der Waals surface area contributed by atoms with Crippen LogP contribution in [0.2, 0.25) is 0 Å². The van der Waals surface area contributed by atoms with Crippen LogP contribution in [0.5, 0.6) is 0 Å². The highest BCUT2D eigenvalue weighted by Crippen LogP contribution is 2.47. The minimum absolute atomic E-state index is 0.240. The quantitative estimate of drug-likeness (QED) is 0.924. The van der Waals surface area contributed by atoms with E-state index in [2.05, 4.69) is 15.1 Å². The van der Waals surface area contributed by atoms with Crippen LogP contribution < -0.4 is 0 Å². The molecule has 0 spiro atoms. The molecule has 6 heteroatoms. The summed E-state index contributed by atoms with van der Waals surface area (Å²) in [4.78, 5) is 13.8. The smallest absolute Gasteiger partial charge is 0.159 e. The highest BCUT2D eigenvalue weighted by atomic mass is 16.3. The Morgan fingerprint density at radius 1 is 1.24 bits per heavy atom. The zero-order valence-corrected chi connectivity index (χ0v) is 12.3. The van der Waals surface area contributed by atoms with Crippen LogP contribution in [0, 0.1) is 19.8 Å². The van der Waals surface area contributed by atoms with Crippen molar-refractivity contribution in [1.29, 1.82) is 0 Å². The van der Waals surface area contributed by atoms with Gasteiger partial charge in [0.1, 0.15) is 17.5 Å². The van der Waals surface area contributed by atoms with Gasteiger partial charge in [-0.2, -0.15) is 4.68 Å². The number of hydrogen-bond acceptors (Lipinski definition) is 5. The zero-order valence-electron chi connectivity index (χ0n) is 12.3. The molecule has 6 nitrogen and oxygen atoms in total. The van der Waals surface area contributed by atoms with Crippen molar-refractivity contribution in [2.24, 2.45) is 5.92 Å². The third kappa shape index (κ3) is 2.33. The first-order valence-corrected chi connectivity index (χ1v) is 7.56. The van der Waals surface area contributed by atoms with E-state index in [0.717, 1.165) is 35.4 Å². The number of hydrogen-bond donors (Lipinski definition) is 1. The van der Waals surface area contributed by atoms with Crippen molar-refractivity contribution in [3.05, 3.63) is 29.2 Å². The minimum atomic E-state index is 0.240. The molecule has 2 aromatic rings. The summed E-state index contributed by atoms with van der Waals surface area (Å²) in [6.45, 7) is 4.06. The van der Waals surface area contributed by atoms with Crippen molar-refractivity contribution >= 4 is 0 Å². The van der Waals surface area contributed by atoms with E-state index < -0.39 is 0 Å². The molecule has 0 radical (unpaired) electrons. The summed E-state index contributed by atoms with van der Waals surface area (Å²) in [7, 11) is 0. The van der Waals surface area contributed by atoms with Crippen molar-refractivity contribution in [3.63, 3.8) is 0 Å². The highest BCUT2D eigenvalue weighted by Gasteiger charge is 2.40. The standard InChI is InChI=1S/C15H19N5O/c1-8-16-9(2)20(19-8)14-6-13(12-5-11(12)7-21)17-15(18-14)10-3-4-10/h6,10-12,21H,3-5,7H2,1-2H3. The highest BCUT2D eigenvalue weighted by molar-refractivity contribution is 5.31. The van der Waals surface area contributed by atoms with E-state index >= 15 is 0 Å². The maximum atomic E-state index is 9.29. The number of aryl methyl sites for hydroxylation is 2. The Hall–Kier alpha value is -1.82. The Labute approximate surface area is 123 Å². The van der Waals surface area contributed by atoms with Gasteiger partial charge in [-0.15, -0.1) is 5.10 Å². The van der Waals surface area contributed by atoms with E-state index in [-0.39, 0.29) is 6.61 Å². The predicted octanol–water partition coefficient (Wildman–Crippen LogP) is 1.65. The fourth-order valence-electron chi connectivity index (χ4n) is 2.84. The Balaban J connectivity index is 1.77. The molecule has 2 saturated carbocycles. The molecule has 0 aromatic carbocycles. The second-order valence-corrected chi connectivity index (χ2v) is 6.19. The van der Waals surface area contributed by atoms with E-state index in [9.17, 15) is 5.11 Å². The number of aliphatic hydroxyl groups is 1. The first-order valence-electron chi connectivity index (χ1n) is 7.56. The summed E-state index contributed by atoms with van der Waals surface area (Å²) in [5, 5.41) is 13.7. The van der Waals surface area contributed by atoms with Crippen molar-refractivity contribution < 1.29 is 5.11 Å². The molecule has 1 N–H and O–H groups in total. The third-order valence-corrected chi connectivity index (χ3v) is 4.32. The Morgan fingerprint density at radius 2 is 2.05 bits per heavy atom. The molecule has 0 bridgehead atoms. The van der Waals surface area contributed by atoms with E-state index in [1.54, 1.807) is 4.68 Å². The van der Waals surface area contributed by atoms with Crippen LogP contribution in [0.3, 0.4) is 0 Å². The maximum absolute atomic E-state index is 9.29. The molecule has 2 fully saturated rings. The summed E-state index contributed by atoms with van der Waals surface area (Å²) in [6, 6.07) is 2.01. The van der Waals surface area contributed by atoms with Crippen molar-refractivity contribution in [2.75, 3.05) is 6.61 Å². The van der Waals surface area contributed by atoms with Crippen molar-refractivity contribution in [3.8, 4) is 5.82 Å². The van der Waals surface area contributed by atoms with E-state index in [0.29, 0.717) is 17.8 Å². The lowest BCUT2D eigenvalue weighted by molar-refractivity contribution is 0.273. The molecule has 2 aliphatic carbocycles. The molecule has 2 unspecified atom stereocenters. The molecular formula is C15H19N5O. The van der Waals surface area contributed by atoms with Gasteiger partial charge in [-0.3, -0.25) is 0 Å². The Kier molecular flexibility index (Phi) is 2.82. The van der Waals surface area contributed by atoms with Gasteiger partial charge < -0.3 is 5.11 Å². The van der Waals surface area contributed by atoms with Crippen LogP contribution >= 0.6 is 0 Å². The average Bonchev–Trinajstić information content (AvgIpc) is 3.37. The molecular weight excluding hydrogens is 266 g/mol. The fourth-order valence-corrected chi connectivity index (χ4v) is 2.84. The Bertz CT molecular complexity index is 691. The van der Waals surface area contributed by atoms with Crippen LogP contribution in [0.25, 0.3) is 5.82 Å². The van der Waals surface area contributed by atoms with Gasteiger partial charge in [0.25, 0.3) is 0 Å². The second kappa shape index (κ2) is 4.59. The molecule has 0 amide bonds. The summed E-state index contributed by atoms with van der Waals surface area (Å²) in [5.74, 6) is 4.56. The van der Waals surface area contributed by atoms with Crippen LogP contribution in [-0.4, -0.2) is 36.4 Å². The lowest BCUT2D eigenvalue weighted by atomic mass is 10.2. The van der Waals surface area contributed by atoms with Crippen LogP contribution in [0.15, 0.2) is 6.07 Å². The second-order valence-electron chi connectivity index (χ2n) is 6.19. The number of nitrogens with zero attached hydrogens (tertiary/aromatic N) is 5. The van der Waals surface area contributed by atoms with Gasteiger partial charge in [0, 0.05) is 30.2 Å². The molecule has 2 aromatic heterocycles. The largest absolute Gasteiger partial charge is 0.396 e. The topological polar surface area (TPSA) is 76.7 Å². The normalized spacial score (nSPS) is 24.3. The van der Waals surface area contributed by atoms with Gasteiger partial charge in [-0.1, -0.05) is 0 Å². The van der Waals surface area contributed by atoms with Crippen molar-refractivity contribution in [1.82, 2.24) is 24.7 Å². The Morgan fingerprint density at radius 3 is 2.62 bits per heavy atom. The van der Waals surface area contributed by atoms with Crippen LogP contribution in [0.1, 0.15) is 54.3 Å². The van der Waals surface area contributed by atoms with Gasteiger partial charge in [-0.25, -0.2) is 15.0 Å². The van der Waals surface area contributed by atoms with Crippen molar-refractivity contribution in [2.45, 2.75) is 44.9 Å². The van der Waals surface area contributed by atoms with E-state index in [1.165, 1.54) is 12.8 Å².